The first-order valence-electron chi connectivity index (χ1n) is 9.28. The van der Waals surface area contributed by atoms with E-state index in [4.69, 9.17) is 0 Å². The lowest BCUT2D eigenvalue weighted by Crippen LogP contribution is -2.12. The van der Waals surface area contributed by atoms with Crippen molar-refractivity contribution in [2.75, 3.05) is 0 Å². The number of nitrogens with zero attached hydrogens (tertiary/aromatic N) is 1. The van der Waals surface area contributed by atoms with Gasteiger partial charge in [0.1, 0.15) is 0 Å². The summed E-state index contributed by atoms with van der Waals surface area (Å²) in [5.41, 5.74) is 6.55. The molecular formula is C24H18F3N. The highest BCUT2D eigenvalue weighted by atomic mass is 19.4. The topological polar surface area (TPSA) is 4.93 Å². The quantitative estimate of drug-likeness (QED) is 0.327. The summed E-state index contributed by atoms with van der Waals surface area (Å²) in [5, 5.41) is 1.12. The molecule has 1 aliphatic rings. The number of alkyl halides is 3. The van der Waals surface area contributed by atoms with Gasteiger partial charge in [-0.05, 0) is 41.8 Å². The molecular weight excluding hydrogens is 359 g/mol. The van der Waals surface area contributed by atoms with Crippen LogP contribution in [0.5, 0.6) is 0 Å². The molecule has 0 saturated heterocycles. The van der Waals surface area contributed by atoms with E-state index in [0.29, 0.717) is 5.56 Å². The van der Waals surface area contributed by atoms with Gasteiger partial charge in [-0.25, -0.2) is 0 Å². The third kappa shape index (κ3) is 2.55. The smallest absolute Gasteiger partial charge is 0.339 e. The Morgan fingerprint density at radius 3 is 2.50 bits per heavy atom. The lowest BCUT2D eigenvalue weighted by molar-refractivity contribution is -0.138. The van der Waals surface area contributed by atoms with Crippen molar-refractivity contribution in [2.24, 2.45) is 0 Å². The summed E-state index contributed by atoms with van der Waals surface area (Å²) in [5.74, 6) is 0. The first-order valence-corrected chi connectivity index (χ1v) is 9.28. The maximum absolute atomic E-state index is 13.5. The number of hydrogen-bond acceptors (Lipinski definition) is 0. The van der Waals surface area contributed by atoms with E-state index in [0.717, 1.165) is 28.6 Å². The molecule has 1 aromatic heterocycles. The van der Waals surface area contributed by atoms with Gasteiger partial charge in [0.25, 0.3) is 0 Å². The van der Waals surface area contributed by atoms with Crippen LogP contribution in [-0.4, -0.2) is 4.57 Å². The summed E-state index contributed by atoms with van der Waals surface area (Å²) < 4.78 is 42.6. The van der Waals surface area contributed by atoms with Crippen molar-refractivity contribution in [1.29, 1.82) is 0 Å². The Morgan fingerprint density at radius 1 is 0.929 bits per heavy atom. The maximum Gasteiger partial charge on any atom is 0.416 e. The molecule has 0 aliphatic heterocycles. The van der Waals surface area contributed by atoms with Gasteiger partial charge in [-0.3, -0.25) is 0 Å². The fourth-order valence-corrected chi connectivity index (χ4v) is 4.39. The van der Waals surface area contributed by atoms with E-state index >= 15 is 0 Å². The summed E-state index contributed by atoms with van der Waals surface area (Å²) >= 11 is 0. The molecule has 1 heterocycles. The lowest BCUT2D eigenvalue weighted by Gasteiger charge is -2.15. The number of halogens is 3. The number of aromatic nitrogens is 1. The van der Waals surface area contributed by atoms with E-state index in [9.17, 15) is 13.2 Å². The lowest BCUT2D eigenvalue weighted by atomic mass is 10.0. The molecule has 4 heteroatoms. The van der Waals surface area contributed by atoms with Gasteiger partial charge < -0.3 is 4.57 Å². The Labute approximate surface area is 161 Å². The van der Waals surface area contributed by atoms with Crippen LogP contribution in [-0.2, 0) is 19.1 Å². The van der Waals surface area contributed by atoms with Crippen molar-refractivity contribution in [3.63, 3.8) is 0 Å². The van der Waals surface area contributed by atoms with E-state index in [2.05, 4.69) is 22.8 Å². The molecule has 0 radical (unpaired) electrons. The van der Waals surface area contributed by atoms with Gasteiger partial charge in [-0.1, -0.05) is 54.1 Å². The van der Waals surface area contributed by atoms with Gasteiger partial charge >= 0.3 is 6.18 Å². The Morgan fingerprint density at radius 2 is 1.68 bits per heavy atom. The van der Waals surface area contributed by atoms with E-state index in [-0.39, 0.29) is 6.54 Å². The SMILES string of the molecule is Cc1ccc2c(c1)c1c(n2Cc2ccccc2C(F)(F)F)Cc2ccccc2-1. The molecule has 1 aliphatic carbocycles. The molecule has 140 valence electrons. The molecule has 0 atom stereocenters. The number of hydrogen-bond donors (Lipinski definition) is 0. The van der Waals surface area contributed by atoms with E-state index in [1.807, 2.05) is 31.2 Å². The number of aryl methyl sites for hydroxylation is 1. The predicted octanol–water partition coefficient (Wildman–Crippen LogP) is 6.59. The van der Waals surface area contributed by atoms with E-state index in [1.165, 1.54) is 28.8 Å². The maximum atomic E-state index is 13.5. The monoisotopic (exact) mass is 377 g/mol. The zero-order valence-corrected chi connectivity index (χ0v) is 15.3. The second kappa shape index (κ2) is 5.99. The number of fused-ring (bicyclic) bond motifs is 5. The summed E-state index contributed by atoms with van der Waals surface area (Å²) in [6.07, 6.45) is -3.62. The molecule has 1 nitrogen and oxygen atoms in total. The highest BCUT2D eigenvalue weighted by Crippen LogP contribution is 2.44. The standard InChI is InChI=1S/C24H18F3N/c1-15-10-11-21-19(12-15)23-18-8-4-2-6-16(18)13-22(23)28(21)14-17-7-3-5-9-20(17)24(25,26)27/h2-12H,13-14H2,1H3. The van der Waals surface area contributed by atoms with Gasteiger partial charge in [0.2, 0.25) is 0 Å². The zero-order chi connectivity index (χ0) is 19.5. The largest absolute Gasteiger partial charge is 0.416 e. The minimum Gasteiger partial charge on any atom is -0.339 e. The minimum absolute atomic E-state index is 0.207. The Balaban J connectivity index is 1.74. The van der Waals surface area contributed by atoms with Crippen LogP contribution in [0.3, 0.4) is 0 Å². The highest BCUT2D eigenvalue weighted by molar-refractivity contribution is 6.01. The molecule has 28 heavy (non-hydrogen) atoms. The van der Waals surface area contributed by atoms with Crippen LogP contribution in [0.2, 0.25) is 0 Å². The van der Waals surface area contributed by atoms with Gasteiger partial charge in [-0.15, -0.1) is 0 Å². The first-order chi connectivity index (χ1) is 13.4. The van der Waals surface area contributed by atoms with Crippen LogP contribution in [0.1, 0.15) is 27.9 Å². The van der Waals surface area contributed by atoms with Gasteiger partial charge in [0.15, 0.2) is 0 Å². The Bertz CT molecular complexity index is 1210. The van der Waals surface area contributed by atoms with Crippen molar-refractivity contribution >= 4 is 10.9 Å². The average Bonchev–Trinajstić information content (AvgIpc) is 3.17. The first kappa shape index (κ1) is 17.1. The van der Waals surface area contributed by atoms with Crippen LogP contribution in [0.25, 0.3) is 22.0 Å². The molecule has 0 amide bonds. The summed E-state index contributed by atoms with van der Waals surface area (Å²) in [4.78, 5) is 0. The number of rotatable bonds is 2. The number of benzene rings is 3. The Hall–Kier alpha value is -3.01. The van der Waals surface area contributed by atoms with Crippen LogP contribution in [0, 0.1) is 6.92 Å². The van der Waals surface area contributed by atoms with Crippen LogP contribution >= 0.6 is 0 Å². The normalized spacial score (nSPS) is 13.0. The van der Waals surface area contributed by atoms with Crippen LogP contribution in [0.4, 0.5) is 13.2 Å². The molecule has 0 fully saturated rings. The minimum atomic E-state index is -4.36. The van der Waals surface area contributed by atoms with E-state index < -0.39 is 11.7 Å². The Kier molecular flexibility index (Phi) is 3.66. The summed E-state index contributed by atoms with van der Waals surface area (Å²) in [7, 11) is 0. The zero-order valence-electron chi connectivity index (χ0n) is 15.3. The molecule has 3 aromatic carbocycles. The van der Waals surface area contributed by atoms with Crippen molar-refractivity contribution < 1.29 is 13.2 Å². The van der Waals surface area contributed by atoms with E-state index in [1.54, 1.807) is 12.1 Å². The second-order valence-electron chi connectivity index (χ2n) is 7.42. The van der Waals surface area contributed by atoms with Gasteiger partial charge in [-0.2, -0.15) is 13.2 Å². The molecule has 4 aromatic rings. The van der Waals surface area contributed by atoms with Crippen molar-refractivity contribution in [3.8, 4) is 11.1 Å². The van der Waals surface area contributed by atoms with Crippen LogP contribution in [0.15, 0.2) is 66.7 Å². The fraction of sp³-hybridized carbons (Fsp3) is 0.167. The molecule has 5 rings (SSSR count). The molecule has 0 N–H and O–H groups in total. The van der Waals surface area contributed by atoms with Crippen molar-refractivity contribution in [2.45, 2.75) is 26.1 Å². The highest BCUT2D eigenvalue weighted by Gasteiger charge is 2.34. The van der Waals surface area contributed by atoms with Gasteiger partial charge in [0.05, 0.1) is 5.56 Å². The predicted molar refractivity (Wildman–Crippen MR) is 105 cm³/mol. The van der Waals surface area contributed by atoms with Crippen molar-refractivity contribution in [3.05, 3.63) is 94.7 Å². The fourth-order valence-electron chi connectivity index (χ4n) is 4.39. The molecule has 0 unspecified atom stereocenters. The third-order valence-electron chi connectivity index (χ3n) is 5.62. The molecule has 0 saturated carbocycles. The van der Waals surface area contributed by atoms with Crippen molar-refractivity contribution in [1.82, 2.24) is 4.57 Å². The second-order valence-corrected chi connectivity index (χ2v) is 7.42. The summed E-state index contributed by atoms with van der Waals surface area (Å²) in [6, 6.07) is 20.3. The third-order valence-corrected chi connectivity index (χ3v) is 5.62. The summed E-state index contributed by atoms with van der Waals surface area (Å²) in [6.45, 7) is 2.25. The molecule has 0 bridgehead atoms. The van der Waals surface area contributed by atoms with Crippen LogP contribution < -0.4 is 0 Å². The average molecular weight is 377 g/mol. The van der Waals surface area contributed by atoms with Gasteiger partial charge in [0, 0.05) is 35.1 Å². The molecule has 0 spiro atoms.